The number of anilines is 1. The van der Waals surface area contributed by atoms with Gasteiger partial charge in [0.1, 0.15) is 17.9 Å². The van der Waals surface area contributed by atoms with Gasteiger partial charge in [-0.3, -0.25) is 4.79 Å². The summed E-state index contributed by atoms with van der Waals surface area (Å²) in [6.07, 6.45) is 1.59. The van der Waals surface area contributed by atoms with Gasteiger partial charge < -0.3 is 24.9 Å². The molecule has 0 bridgehead atoms. The van der Waals surface area contributed by atoms with Crippen molar-refractivity contribution in [3.8, 4) is 16.9 Å². The third-order valence-electron chi connectivity index (χ3n) is 6.00. The fourth-order valence-corrected chi connectivity index (χ4v) is 4.24. The van der Waals surface area contributed by atoms with Crippen LogP contribution in [0.25, 0.3) is 22.1 Å². The minimum absolute atomic E-state index is 0.0915. The summed E-state index contributed by atoms with van der Waals surface area (Å²) in [5.41, 5.74) is 12.3. The van der Waals surface area contributed by atoms with E-state index in [4.69, 9.17) is 14.9 Å². The maximum atomic E-state index is 11.4. The molecule has 0 aliphatic carbocycles. The monoisotopic (exact) mass is 458 g/mol. The van der Waals surface area contributed by atoms with E-state index in [9.17, 15) is 9.90 Å². The highest BCUT2D eigenvalue weighted by Crippen LogP contribution is 2.33. The van der Waals surface area contributed by atoms with Crippen LogP contribution >= 0.6 is 0 Å². The predicted molar refractivity (Wildman–Crippen MR) is 135 cm³/mol. The van der Waals surface area contributed by atoms with E-state index in [0.29, 0.717) is 24.5 Å². The van der Waals surface area contributed by atoms with Gasteiger partial charge in [-0.05, 0) is 60.9 Å². The molecule has 0 aliphatic heterocycles. The molecule has 1 aromatic heterocycles. The van der Waals surface area contributed by atoms with E-state index >= 15 is 0 Å². The Morgan fingerprint density at radius 3 is 2.59 bits per heavy atom. The predicted octanol–water partition coefficient (Wildman–Crippen LogP) is 5.61. The Morgan fingerprint density at radius 2 is 1.85 bits per heavy atom. The number of hydrogen-bond acceptors (Lipinski definition) is 5. The first-order valence-corrected chi connectivity index (χ1v) is 11.5. The maximum Gasteiger partial charge on any atom is 0.307 e. The van der Waals surface area contributed by atoms with Crippen LogP contribution in [-0.2, 0) is 24.4 Å². The van der Waals surface area contributed by atoms with Crippen LogP contribution in [0.15, 0.2) is 71.3 Å². The van der Waals surface area contributed by atoms with E-state index in [-0.39, 0.29) is 6.42 Å². The number of carboxylic acid groups (broad SMARTS) is 1. The SMILES string of the molecule is CCN(CC)c1ccc(CC(=O)O)c(OCc2cc(-c3cccc(CN)c3)c3occc3c2)c1. The Labute approximate surface area is 199 Å². The van der Waals surface area contributed by atoms with Crippen molar-refractivity contribution in [2.24, 2.45) is 5.73 Å². The molecule has 0 spiro atoms. The summed E-state index contributed by atoms with van der Waals surface area (Å²) >= 11 is 0. The first-order chi connectivity index (χ1) is 16.5. The molecule has 0 amide bonds. The fraction of sp³-hybridized carbons (Fsp3) is 0.250. The van der Waals surface area contributed by atoms with Gasteiger partial charge in [0.2, 0.25) is 0 Å². The molecule has 0 radical (unpaired) electrons. The van der Waals surface area contributed by atoms with E-state index < -0.39 is 5.97 Å². The molecule has 0 atom stereocenters. The highest BCUT2D eigenvalue weighted by molar-refractivity contribution is 5.93. The van der Waals surface area contributed by atoms with Gasteiger partial charge in [-0.15, -0.1) is 0 Å². The molecule has 176 valence electrons. The number of fused-ring (bicyclic) bond motifs is 1. The molecular formula is C28H30N2O4. The molecule has 4 rings (SSSR count). The van der Waals surface area contributed by atoms with Gasteiger partial charge in [-0.25, -0.2) is 0 Å². The van der Waals surface area contributed by atoms with Crippen LogP contribution in [0, 0.1) is 0 Å². The lowest BCUT2D eigenvalue weighted by Crippen LogP contribution is -2.21. The van der Waals surface area contributed by atoms with Crippen LogP contribution in [0.3, 0.4) is 0 Å². The van der Waals surface area contributed by atoms with Gasteiger partial charge in [0, 0.05) is 47.9 Å². The second-order valence-corrected chi connectivity index (χ2v) is 8.21. The van der Waals surface area contributed by atoms with Crippen molar-refractivity contribution in [2.45, 2.75) is 33.4 Å². The molecule has 3 N–H and O–H groups in total. The Bertz CT molecular complexity index is 1290. The normalized spacial score (nSPS) is 11.0. The van der Waals surface area contributed by atoms with Crippen LogP contribution < -0.4 is 15.4 Å². The minimum atomic E-state index is -0.887. The number of nitrogens with zero attached hydrogens (tertiary/aromatic N) is 1. The second kappa shape index (κ2) is 10.4. The number of furan rings is 1. The van der Waals surface area contributed by atoms with Crippen LogP contribution in [0.4, 0.5) is 5.69 Å². The average Bonchev–Trinajstić information content (AvgIpc) is 3.32. The summed E-state index contributed by atoms with van der Waals surface area (Å²) in [6, 6.07) is 19.9. The molecule has 34 heavy (non-hydrogen) atoms. The van der Waals surface area contributed by atoms with Crippen molar-refractivity contribution in [1.82, 2.24) is 0 Å². The van der Waals surface area contributed by atoms with E-state index in [0.717, 1.165) is 52.0 Å². The van der Waals surface area contributed by atoms with Crippen LogP contribution in [0.2, 0.25) is 0 Å². The molecule has 3 aromatic carbocycles. The largest absolute Gasteiger partial charge is 0.489 e. The fourth-order valence-electron chi connectivity index (χ4n) is 4.24. The van der Waals surface area contributed by atoms with Crippen LogP contribution in [0.1, 0.15) is 30.5 Å². The van der Waals surface area contributed by atoms with Crippen molar-refractivity contribution in [1.29, 1.82) is 0 Å². The number of nitrogens with two attached hydrogens (primary N) is 1. The van der Waals surface area contributed by atoms with Gasteiger partial charge in [-0.1, -0.05) is 24.3 Å². The molecular weight excluding hydrogens is 428 g/mol. The Kier molecular flexibility index (Phi) is 7.18. The standard InChI is InChI=1S/C28H30N2O4/c1-3-30(4-2)24-9-8-22(15-27(31)32)26(16-24)34-18-20-13-23-10-11-33-28(23)25(14-20)21-7-5-6-19(12-21)17-29/h5-14,16H,3-4,15,17-18,29H2,1-2H3,(H,31,32). The number of carbonyl (C=O) groups is 1. The van der Waals surface area contributed by atoms with E-state index in [1.165, 1.54) is 0 Å². The molecule has 0 saturated carbocycles. The second-order valence-electron chi connectivity index (χ2n) is 8.21. The molecule has 0 aliphatic rings. The van der Waals surface area contributed by atoms with Crippen molar-refractivity contribution in [2.75, 3.05) is 18.0 Å². The number of hydrogen-bond donors (Lipinski definition) is 2. The lowest BCUT2D eigenvalue weighted by molar-refractivity contribution is -0.136. The molecule has 6 heteroatoms. The number of aliphatic carboxylic acids is 1. The van der Waals surface area contributed by atoms with Gasteiger partial charge in [0.15, 0.2) is 0 Å². The van der Waals surface area contributed by atoms with Crippen LogP contribution in [-0.4, -0.2) is 24.2 Å². The number of benzene rings is 3. The van der Waals surface area contributed by atoms with Gasteiger partial charge >= 0.3 is 5.97 Å². The van der Waals surface area contributed by atoms with E-state index in [2.05, 4.69) is 30.9 Å². The zero-order valence-electron chi connectivity index (χ0n) is 19.6. The lowest BCUT2D eigenvalue weighted by Gasteiger charge is -2.22. The van der Waals surface area contributed by atoms with Crippen molar-refractivity contribution in [3.63, 3.8) is 0 Å². The van der Waals surface area contributed by atoms with E-state index in [1.54, 1.807) is 6.26 Å². The zero-order chi connectivity index (χ0) is 24.1. The first-order valence-electron chi connectivity index (χ1n) is 11.5. The van der Waals surface area contributed by atoms with E-state index in [1.807, 2.05) is 48.5 Å². The van der Waals surface area contributed by atoms with Gasteiger partial charge in [-0.2, -0.15) is 0 Å². The van der Waals surface area contributed by atoms with Crippen molar-refractivity contribution in [3.05, 3.63) is 83.6 Å². The summed E-state index contributed by atoms with van der Waals surface area (Å²) in [4.78, 5) is 13.6. The summed E-state index contributed by atoms with van der Waals surface area (Å²) < 4.78 is 12.0. The summed E-state index contributed by atoms with van der Waals surface area (Å²) in [5, 5.41) is 10.3. The quantitative estimate of drug-likeness (QED) is 0.321. The average molecular weight is 459 g/mol. The van der Waals surface area contributed by atoms with Gasteiger partial charge in [0.25, 0.3) is 0 Å². The highest BCUT2D eigenvalue weighted by Gasteiger charge is 2.14. The third-order valence-corrected chi connectivity index (χ3v) is 6.00. The van der Waals surface area contributed by atoms with Crippen molar-refractivity contribution >= 4 is 22.6 Å². The summed E-state index contributed by atoms with van der Waals surface area (Å²) in [6.45, 7) is 6.67. The zero-order valence-corrected chi connectivity index (χ0v) is 19.6. The molecule has 0 saturated heterocycles. The first kappa shape index (κ1) is 23.4. The maximum absolute atomic E-state index is 11.4. The topological polar surface area (TPSA) is 88.9 Å². The Morgan fingerprint density at radius 1 is 1.03 bits per heavy atom. The molecule has 4 aromatic rings. The molecule has 1 heterocycles. The Hall–Kier alpha value is -3.77. The highest BCUT2D eigenvalue weighted by atomic mass is 16.5. The molecule has 0 fully saturated rings. The number of carboxylic acids is 1. The number of ether oxygens (including phenoxy) is 1. The summed E-state index contributed by atoms with van der Waals surface area (Å²) in [7, 11) is 0. The molecule has 0 unspecified atom stereocenters. The Balaban J connectivity index is 1.68. The number of rotatable bonds is 10. The lowest BCUT2D eigenvalue weighted by atomic mass is 9.99. The van der Waals surface area contributed by atoms with Crippen LogP contribution in [0.5, 0.6) is 5.75 Å². The molecule has 6 nitrogen and oxygen atoms in total. The van der Waals surface area contributed by atoms with Crippen molar-refractivity contribution < 1.29 is 19.1 Å². The minimum Gasteiger partial charge on any atom is -0.489 e. The smallest absolute Gasteiger partial charge is 0.307 e. The van der Waals surface area contributed by atoms with Gasteiger partial charge in [0.05, 0.1) is 12.7 Å². The third kappa shape index (κ3) is 5.07. The summed E-state index contributed by atoms with van der Waals surface area (Å²) in [5.74, 6) is -0.298.